The van der Waals surface area contributed by atoms with Gasteiger partial charge in [-0.3, -0.25) is 14.2 Å². The summed E-state index contributed by atoms with van der Waals surface area (Å²) in [6.07, 6.45) is 3.67. The fourth-order valence-corrected chi connectivity index (χ4v) is 7.10. The first kappa shape index (κ1) is 21.3. The molecule has 1 aromatic carbocycles. The van der Waals surface area contributed by atoms with Crippen LogP contribution in [0.4, 0.5) is 0 Å². The van der Waals surface area contributed by atoms with Crippen molar-refractivity contribution in [3.05, 3.63) is 51.4 Å². The number of sulfone groups is 1. The molecule has 32 heavy (non-hydrogen) atoms. The van der Waals surface area contributed by atoms with Gasteiger partial charge in [0, 0.05) is 23.0 Å². The van der Waals surface area contributed by atoms with E-state index in [1.807, 2.05) is 31.4 Å². The van der Waals surface area contributed by atoms with E-state index in [0.29, 0.717) is 16.6 Å². The zero-order valence-electron chi connectivity index (χ0n) is 18.1. The van der Waals surface area contributed by atoms with Gasteiger partial charge in [0.25, 0.3) is 5.56 Å². The Morgan fingerprint density at radius 3 is 2.62 bits per heavy atom. The van der Waals surface area contributed by atoms with Crippen LogP contribution < -0.4 is 5.56 Å². The number of rotatable bonds is 5. The topological polar surface area (TPSA) is 89.3 Å². The number of amides is 1. The Kier molecular flexibility index (Phi) is 5.21. The number of nitrogens with zero attached hydrogens (tertiary/aromatic N) is 3. The number of aryl methyl sites for hydroxylation is 2. The predicted molar refractivity (Wildman–Crippen MR) is 126 cm³/mol. The third-order valence-electron chi connectivity index (χ3n) is 6.51. The maximum atomic E-state index is 13.4. The summed E-state index contributed by atoms with van der Waals surface area (Å²) in [6, 6.07) is 5.89. The summed E-state index contributed by atoms with van der Waals surface area (Å²) in [6.45, 7) is 3.96. The largest absolute Gasteiger partial charge is 0.334 e. The molecular weight excluding hydrogens is 446 g/mol. The summed E-state index contributed by atoms with van der Waals surface area (Å²) in [5.74, 6) is -0.0699. The van der Waals surface area contributed by atoms with Gasteiger partial charge in [-0.2, -0.15) is 0 Å². The van der Waals surface area contributed by atoms with E-state index in [0.717, 1.165) is 29.5 Å². The van der Waals surface area contributed by atoms with Crippen LogP contribution in [0.25, 0.3) is 21.3 Å². The molecule has 2 aliphatic rings. The van der Waals surface area contributed by atoms with Gasteiger partial charge < -0.3 is 4.90 Å². The first-order valence-electron chi connectivity index (χ1n) is 10.8. The van der Waals surface area contributed by atoms with Crippen LogP contribution in [0.15, 0.2) is 34.7 Å². The van der Waals surface area contributed by atoms with Crippen molar-refractivity contribution in [2.75, 3.05) is 11.5 Å². The van der Waals surface area contributed by atoms with E-state index in [-0.39, 0.29) is 41.6 Å². The molecule has 1 aliphatic heterocycles. The minimum absolute atomic E-state index is 0.0167. The number of benzene rings is 1. The van der Waals surface area contributed by atoms with Crippen molar-refractivity contribution in [3.8, 4) is 11.1 Å². The minimum atomic E-state index is -3.10. The van der Waals surface area contributed by atoms with Crippen LogP contribution >= 0.6 is 11.3 Å². The molecule has 1 atom stereocenters. The van der Waals surface area contributed by atoms with Crippen molar-refractivity contribution < 1.29 is 13.2 Å². The molecular formula is C23H25N3O4S2. The molecule has 168 valence electrons. The van der Waals surface area contributed by atoms with Crippen LogP contribution in [0.3, 0.4) is 0 Å². The van der Waals surface area contributed by atoms with E-state index >= 15 is 0 Å². The average molecular weight is 472 g/mol. The van der Waals surface area contributed by atoms with Crippen LogP contribution in [0.1, 0.15) is 30.4 Å². The molecule has 0 N–H and O–H groups in total. The lowest BCUT2D eigenvalue weighted by Gasteiger charge is -2.28. The quantitative estimate of drug-likeness (QED) is 0.571. The van der Waals surface area contributed by atoms with Gasteiger partial charge in [0.1, 0.15) is 11.4 Å². The van der Waals surface area contributed by atoms with Crippen molar-refractivity contribution in [2.24, 2.45) is 0 Å². The first-order valence-corrected chi connectivity index (χ1v) is 13.5. The molecule has 0 bridgehead atoms. The van der Waals surface area contributed by atoms with Gasteiger partial charge in [-0.1, -0.05) is 18.2 Å². The third-order valence-corrected chi connectivity index (χ3v) is 9.15. The smallest absolute Gasteiger partial charge is 0.263 e. The second-order valence-electron chi connectivity index (χ2n) is 8.90. The normalized spacial score (nSPS) is 20.0. The molecule has 3 aromatic rings. The Balaban J connectivity index is 1.48. The molecule has 1 saturated carbocycles. The van der Waals surface area contributed by atoms with Crippen LogP contribution in [0.2, 0.25) is 0 Å². The van der Waals surface area contributed by atoms with Gasteiger partial charge in [0.15, 0.2) is 9.84 Å². The second kappa shape index (κ2) is 7.81. The summed E-state index contributed by atoms with van der Waals surface area (Å²) >= 11 is 1.42. The van der Waals surface area contributed by atoms with E-state index in [1.165, 1.54) is 27.8 Å². The molecule has 1 amide bonds. The number of thiophene rings is 1. The highest BCUT2D eigenvalue weighted by Gasteiger charge is 2.42. The molecule has 3 heterocycles. The van der Waals surface area contributed by atoms with Crippen molar-refractivity contribution in [1.82, 2.24) is 14.5 Å². The van der Waals surface area contributed by atoms with Gasteiger partial charge in [0.2, 0.25) is 5.91 Å². The average Bonchev–Trinajstić information content (AvgIpc) is 3.36. The molecule has 0 unspecified atom stereocenters. The number of carbonyl (C=O) groups is 1. The zero-order chi connectivity index (χ0) is 22.6. The Morgan fingerprint density at radius 2 is 1.97 bits per heavy atom. The highest BCUT2D eigenvalue weighted by molar-refractivity contribution is 7.91. The molecule has 9 heteroatoms. The van der Waals surface area contributed by atoms with Crippen LogP contribution in [-0.4, -0.2) is 52.4 Å². The van der Waals surface area contributed by atoms with Gasteiger partial charge in [-0.05, 0) is 49.8 Å². The molecule has 1 saturated heterocycles. The monoisotopic (exact) mass is 471 g/mol. The molecule has 0 spiro atoms. The van der Waals surface area contributed by atoms with Crippen LogP contribution in [-0.2, 0) is 21.2 Å². The standard InChI is InChI=1S/C23H25N3O4S2/c1-14-3-4-16(9-15(14)2)19-11-31-22-21(19)23(28)25(13-24-22)10-20(27)26(17-5-6-17)18-7-8-32(29,30)12-18/h3-4,9,11,13,17-18H,5-8,10,12H2,1-2H3/t18-/m1/s1. The predicted octanol–water partition coefficient (Wildman–Crippen LogP) is 2.92. The molecule has 5 rings (SSSR count). The summed E-state index contributed by atoms with van der Waals surface area (Å²) < 4.78 is 25.3. The number of aromatic nitrogens is 2. The van der Waals surface area contributed by atoms with Gasteiger partial charge in [0.05, 0.1) is 23.2 Å². The fraction of sp³-hybridized carbons (Fsp3) is 0.435. The summed E-state index contributed by atoms with van der Waals surface area (Å²) in [7, 11) is -3.10. The lowest BCUT2D eigenvalue weighted by atomic mass is 10.0. The molecule has 7 nitrogen and oxygen atoms in total. The zero-order valence-corrected chi connectivity index (χ0v) is 19.7. The van der Waals surface area contributed by atoms with Gasteiger partial charge in [-0.25, -0.2) is 13.4 Å². The molecule has 1 aliphatic carbocycles. The van der Waals surface area contributed by atoms with Crippen molar-refractivity contribution in [1.29, 1.82) is 0 Å². The number of fused-ring (bicyclic) bond motifs is 1. The van der Waals surface area contributed by atoms with Crippen LogP contribution in [0, 0.1) is 13.8 Å². The summed E-state index contributed by atoms with van der Waals surface area (Å²) in [5, 5.41) is 2.46. The summed E-state index contributed by atoms with van der Waals surface area (Å²) in [4.78, 5) is 33.4. The highest BCUT2D eigenvalue weighted by Crippen LogP contribution is 2.33. The van der Waals surface area contributed by atoms with E-state index < -0.39 is 9.84 Å². The van der Waals surface area contributed by atoms with Gasteiger partial charge >= 0.3 is 0 Å². The number of hydrogen-bond acceptors (Lipinski definition) is 6. The van der Waals surface area contributed by atoms with E-state index in [9.17, 15) is 18.0 Å². The van der Waals surface area contributed by atoms with Crippen molar-refractivity contribution >= 4 is 37.3 Å². The first-order chi connectivity index (χ1) is 15.2. The Hall–Kier alpha value is -2.52. The van der Waals surface area contributed by atoms with E-state index in [2.05, 4.69) is 11.1 Å². The maximum Gasteiger partial charge on any atom is 0.263 e. The molecule has 0 radical (unpaired) electrons. The highest BCUT2D eigenvalue weighted by atomic mass is 32.2. The fourth-order valence-electron chi connectivity index (χ4n) is 4.48. The second-order valence-corrected chi connectivity index (χ2v) is 12.0. The minimum Gasteiger partial charge on any atom is -0.334 e. The van der Waals surface area contributed by atoms with Crippen molar-refractivity contribution in [2.45, 2.75) is 51.7 Å². The Morgan fingerprint density at radius 1 is 1.19 bits per heavy atom. The lowest BCUT2D eigenvalue weighted by Crippen LogP contribution is -2.45. The summed E-state index contributed by atoms with van der Waals surface area (Å²) in [5.41, 5.74) is 3.87. The Labute approximate surface area is 190 Å². The van der Waals surface area contributed by atoms with E-state index in [4.69, 9.17) is 0 Å². The molecule has 2 fully saturated rings. The third kappa shape index (κ3) is 3.88. The molecule has 2 aromatic heterocycles. The lowest BCUT2D eigenvalue weighted by molar-refractivity contribution is -0.134. The number of hydrogen-bond donors (Lipinski definition) is 0. The van der Waals surface area contributed by atoms with E-state index in [1.54, 1.807) is 4.90 Å². The van der Waals surface area contributed by atoms with Gasteiger partial charge in [-0.15, -0.1) is 11.3 Å². The maximum absolute atomic E-state index is 13.4. The SMILES string of the molecule is Cc1ccc(-c2csc3ncn(CC(=O)N(C4CC4)[C@@H]4CCS(=O)(=O)C4)c(=O)c23)cc1C. The number of carbonyl (C=O) groups excluding carboxylic acids is 1. The van der Waals surface area contributed by atoms with Crippen LogP contribution in [0.5, 0.6) is 0 Å². The Bertz CT molecular complexity index is 1390. The van der Waals surface area contributed by atoms with Crippen molar-refractivity contribution in [3.63, 3.8) is 0 Å².